The number of rotatable bonds is 4. The summed E-state index contributed by atoms with van der Waals surface area (Å²) in [6, 6.07) is 16.7. The second-order valence-electron chi connectivity index (χ2n) is 7.59. The maximum absolute atomic E-state index is 12.5. The summed E-state index contributed by atoms with van der Waals surface area (Å²) in [5.41, 5.74) is 5.95. The molecule has 2 heterocycles. The molecule has 2 aromatic heterocycles. The van der Waals surface area contributed by atoms with Crippen molar-refractivity contribution in [1.82, 2.24) is 19.5 Å². The maximum atomic E-state index is 12.5. The fourth-order valence-corrected chi connectivity index (χ4v) is 4.05. The van der Waals surface area contributed by atoms with Crippen LogP contribution in [-0.2, 0) is 4.74 Å². The van der Waals surface area contributed by atoms with Crippen molar-refractivity contribution in [3.05, 3.63) is 72.3 Å². The fraction of sp³-hybridized carbons (Fsp3) is 0.217. The highest BCUT2D eigenvalue weighted by atomic mass is 16.5. The Bertz CT molecular complexity index is 1200. The predicted octanol–water partition coefficient (Wildman–Crippen LogP) is 4.77. The van der Waals surface area contributed by atoms with Gasteiger partial charge in [0.15, 0.2) is 17.0 Å². The van der Waals surface area contributed by atoms with E-state index in [1.54, 1.807) is 6.33 Å². The number of carbonyl (C=O) groups excluding carboxylic acids is 1. The molecule has 1 amide bonds. The van der Waals surface area contributed by atoms with Crippen molar-refractivity contribution in [3.8, 4) is 11.1 Å². The summed E-state index contributed by atoms with van der Waals surface area (Å²) in [5.74, 6) is 0.352. The van der Waals surface area contributed by atoms with Gasteiger partial charge in [-0.1, -0.05) is 48.5 Å². The van der Waals surface area contributed by atoms with E-state index in [0.29, 0.717) is 17.0 Å². The Hall–Kier alpha value is -3.74. The average Bonchev–Trinajstić information content (AvgIpc) is 3.33. The maximum Gasteiger partial charge on any atom is 0.412 e. The zero-order valence-corrected chi connectivity index (χ0v) is 16.7. The normalized spacial score (nSPS) is 12.8. The third-order valence-corrected chi connectivity index (χ3v) is 5.48. The van der Waals surface area contributed by atoms with Gasteiger partial charge in [-0.2, -0.15) is 0 Å². The van der Waals surface area contributed by atoms with Crippen molar-refractivity contribution in [3.63, 3.8) is 0 Å². The molecule has 150 valence electrons. The highest BCUT2D eigenvalue weighted by molar-refractivity contribution is 5.93. The Morgan fingerprint density at radius 3 is 2.37 bits per heavy atom. The molecule has 0 unspecified atom stereocenters. The van der Waals surface area contributed by atoms with Crippen molar-refractivity contribution < 1.29 is 9.53 Å². The average molecular weight is 399 g/mol. The molecule has 0 atom stereocenters. The lowest BCUT2D eigenvalue weighted by molar-refractivity contribution is 0.158. The Balaban J connectivity index is 1.35. The third kappa shape index (κ3) is 2.99. The van der Waals surface area contributed by atoms with E-state index in [-0.39, 0.29) is 18.6 Å². The van der Waals surface area contributed by atoms with Crippen molar-refractivity contribution in [1.29, 1.82) is 0 Å². The van der Waals surface area contributed by atoms with E-state index in [4.69, 9.17) is 4.74 Å². The predicted molar refractivity (Wildman–Crippen MR) is 114 cm³/mol. The van der Waals surface area contributed by atoms with Crippen LogP contribution in [0.5, 0.6) is 0 Å². The molecule has 1 N–H and O–H groups in total. The fourth-order valence-electron chi connectivity index (χ4n) is 4.05. The topological polar surface area (TPSA) is 81.9 Å². The van der Waals surface area contributed by atoms with Crippen LogP contribution in [0.3, 0.4) is 0 Å². The monoisotopic (exact) mass is 399 g/mol. The molecule has 30 heavy (non-hydrogen) atoms. The van der Waals surface area contributed by atoms with E-state index >= 15 is 0 Å². The van der Waals surface area contributed by atoms with E-state index in [0.717, 1.165) is 0 Å². The number of anilines is 1. The zero-order chi connectivity index (χ0) is 20.7. The molecule has 0 radical (unpaired) electrons. The number of imidazole rings is 1. The molecule has 1 aliphatic carbocycles. The van der Waals surface area contributed by atoms with Gasteiger partial charge in [0.05, 0.1) is 6.33 Å². The lowest BCUT2D eigenvalue weighted by Crippen LogP contribution is -2.18. The number of carbonyl (C=O) groups is 1. The molecular weight excluding hydrogens is 378 g/mol. The second-order valence-corrected chi connectivity index (χ2v) is 7.59. The minimum Gasteiger partial charge on any atom is -0.448 e. The SMILES string of the molecule is CC(C)n1cnc2c(NC(=O)OCC3c4ccccc4-c4ccccc43)ncnc21. The largest absolute Gasteiger partial charge is 0.448 e. The summed E-state index contributed by atoms with van der Waals surface area (Å²) in [5, 5.41) is 2.72. The van der Waals surface area contributed by atoms with Crippen LogP contribution in [0.2, 0.25) is 0 Å². The minimum atomic E-state index is -0.559. The van der Waals surface area contributed by atoms with Gasteiger partial charge in [0, 0.05) is 12.0 Å². The van der Waals surface area contributed by atoms with Crippen molar-refractivity contribution in [2.24, 2.45) is 0 Å². The first-order chi connectivity index (χ1) is 14.6. The van der Waals surface area contributed by atoms with E-state index in [1.165, 1.54) is 28.6 Å². The van der Waals surface area contributed by atoms with Gasteiger partial charge in [-0.3, -0.25) is 5.32 Å². The first-order valence-corrected chi connectivity index (χ1v) is 9.93. The van der Waals surface area contributed by atoms with Gasteiger partial charge < -0.3 is 9.30 Å². The van der Waals surface area contributed by atoms with E-state index in [2.05, 4.69) is 44.5 Å². The van der Waals surface area contributed by atoms with Gasteiger partial charge in [0.2, 0.25) is 0 Å². The number of ether oxygens (including phenoxy) is 1. The zero-order valence-electron chi connectivity index (χ0n) is 16.7. The van der Waals surface area contributed by atoms with Crippen LogP contribution in [0.4, 0.5) is 10.6 Å². The minimum absolute atomic E-state index is 0.00807. The molecule has 1 aliphatic rings. The van der Waals surface area contributed by atoms with Crippen LogP contribution in [0, 0.1) is 0 Å². The Morgan fingerprint density at radius 1 is 1.03 bits per heavy atom. The lowest BCUT2D eigenvalue weighted by Gasteiger charge is -2.14. The van der Waals surface area contributed by atoms with Gasteiger partial charge in [0.25, 0.3) is 0 Å². The van der Waals surface area contributed by atoms with Gasteiger partial charge in [-0.05, 0) is 36.1 Å². The molecular formula is C23H21N5O2. The smallest absolute Gasteiger partial charge is 0.412 e. The van der Waals surface area contributed by atoms with Crippen molar-refractivity contribution >= 4 is 23.1 Å². The number of nitrogens with zero attached hydrogens (tertiary/aromatic N) is 4. The Morgan fingerprint density at radius 2 is 1.70 bits per heavy atom. The number of amides is 1. The molecule has 2 aromatic carbocycles. The molecule has 0 spiro atoms. The van der Waals surface area contributed by atoms with E-state index in [9.17, 15) is 4.79 Å². The van der Waals surface area contributed by atoms with Crippen LogP contribution < -0.4 is 5.32 Å². The first-order valence-electron chi connectivity index (χ1n) is 9.93. The summed E-state index contributed by atoms with van der Waals surface area (Å²) in [6.07, 6.45) is 2.56. The summed E-state index contributed by atoms with van der Waals surface area (Å²) >= 11 is 0. The quantitative estimate of drug-likeness (QED) is 0.535. The molecule has 0 bridgehead atoms. The highest BCUT2D eigenvalue weighted by Crippen LogP contribution is 2.44. The summed E-state index contributed by atoms with van der Waals surface area (Å²) in [4.78, 5) is 25.4. The van der Waals surface area contributed by atoms with Crippen LogP contribution in [0.25, 0.3) is 22.3 Å². The van der Waals surface area contributed by atoms with Crippen molar-refractivity contribution in [2.45, 2.75) is 25.8 Å². The van der Waals surface area contributed by atoms with Gasteiger partial charge in [-0.25, -0.2) is 19.7 Å². The number of nitrogens with one attached hydrogen (secondary N) is 1. The second kappa shape index (κ2) is 7.26. The molecule has 4 aromatic rings. The van der Waals surface area contributed by atoms with E-state index in [1.807, 2.05) is 42.7 Å². The molecule has 0 saturated carbocycles. The number of hydrogen-bond acceptors (Lipinski definition) is 5. The highest BCUT2D eigenvalue weighted by Gasteiger charge is 2.29. The van der Waals surface area contributed by atoms with Crippen LogP contribution in [0.1, 0.15) is 36.9 Å². The first kappa shape index (κ1) is 18.3. The van der Waals surface area contributed by atoms with Crippen molar-refractivity contribution in [2.75, 3.05) is 11.9 Å². The summed E-state index contributed by atoms with van der Waals surface area (Å²) in [6.45, 7) is 4.33. The Labute approximate surface area is 173 Å². The molecule has 7 nitrogen and oxygen atoms in total. The standard InChI is InChI=1S/C23H21N5O2/c1-14(2)28-13-26-20-21(24-12-25-22(20)28)27-23(29)30-11-19-17-9-5-3-7-15(17)16-8-4-6-10-18(16)19/h3-10,12-14,19H,11H2,1-2H3,(H,24,25,27,29). The van der Waals surface area contributed by atoms with E-state index < -0.39 is 6.09 Å². The molecule has 7 heteroatoms. The van der Waals surface area contributed by atoms with Gasteiger partial charge in [-0.15, -0.1) is 0 Å². The number of hydrogen-bond donors (Lipinski definition) is 1. The van der Waals surface area contributed by atoms with Gasteiger partial charge in [0.1, 0.15) is 12.9 Å². The number of fused-ring (bicyclic) bond motifs is 4. The van der Waals surface area contributed by atoms with Gasteiger partial charge >= 0.3 is 6.09 Å². The number of benzene rings is 2. The van der Waals surface area contributed by atoms with Crippen LogP contribution in [-0.4, -0.2) is 32.2 Å². The molecule has 0 saturated heterocycles. The molecule has 0 fully saturated rings. The molecule has 5 rings (SSSR count). The van der Waals surface area contributed by atoms with Crippen LogP contribution >= 0.6 is 0 Å². The lowest BCUT2D eigenvalue weighted by atomic mass is 9.98. The Kier molecular flexibility index (Phi) is 4.43. The summed E-state index contributed by atoms with van der Waals surface area (Å²) in [7, 11) is 0. The van der Waals surface area contributed by atoms with Crippen LogP contribution in [0.15, 0.2) is 61.2 Å². The number of aromatic nitrogens is 4. The third-order valence-electron chi connectivity index (χ3n) is 5.48. The molecule has 0 aliphatic heterocycles. The summed E-state index contributed by atoms with van der Waals surface area (Å²) < 4.78 is 7.53.